The lowest BCUT2D eigenvalue weighted by Crippen LogP contribution is -2.36. The molecule has 5 heteroatoms. The number of carbonyl (C=O) groups is 1. The first-order chi connectivity index (χ1) is 11.1. The molecule has 0 fully saturated rings. The maximum absolute atomic E-state index is 12.4. The van der Waals surface area contributed by atoms with Crippen molar-refractivity contribution < 1.29 is 4.79 Å². The van der Waals surface area contributed by atoms with Crippen LogP contribution in [0.4, 0.5) is 5.69 Å². The molecular weight excluding hydrogens is 322 g/mol. The average molecular weight is 348 g/mol. The van der Waals surface area contributed by atoms with E-state index in [0.29, 0.717) is 19.6 Å². The predicted molar refractivity (Wildman–Crippen MR) is 103 cm³/mol. The van der Waals surface area contributed by atoms with Crippen LogP contribution in [-0.2, 0) is 11.3 Å². The molecule has 0 aliphatic heterocycles. The molecule has 2 aromatic carbocycles. The lowest BCUT2D eigenvalue weighted by atomic mass is 10.1. The summed E-state index contributed by atoms with van der Waals surface area (Å²) < 4.78 is 0. The molecule has 0 heterocycles. The first kappa shape index (κ1) is 20.2. The second-order valence-electron chi connectivity index (χ2n) is 5.78. The van der Waals surface area contributed by atoms with Gasteiger partial charge in [0, 0.05) is 25.3 Å². The van der Waals surface area contributed by atoms with Crippen molar-refractivity contribution in [3.8, 4) is 0 Å². The number of hydrogen-bond acceptors (Lipinski definition) is 3. The molecule has 2 aromatic rings. The highest BCUT2D eigenvalue weighted by molar-refractivity contribution is 5.93. The Bertz CT molecular complexity index is 646. The van der Waals surface area contributed by atoms with Crippen molar-refractivity contribution in [3.05, 3.63) is 65.2 Å². The summed E-state index contributed by atoms with van der Waals surface area (Å²) in [5.41, 5.74) is 10.0. The van der Waals surface area contributed by atoms with Gasteiger partial charge in [-0.2, -0.15) is 0 Å². The summed E-state index contributed by atoms with van der Waals surface area (Å²) in [6, 6.07) is 16.1. The van der Waals surface area contributed by atoms with Crippen molar-refractivity contribution >= 4 is 24.0 Å². The Kier molecular flexibility index (Phi) is 8.47. The maximum atomic E-state index is 12.4. The molecule has 130 valence electrons. The second kappa shape index (κ2) is 10.1. The molecular formula is C19H26ClN3O. The number of hydrogen-bond donors (Lipinski definition) is 2. The second-order valence-corrected chi connectivity index (χ2v) is 5.78. The minimum absolute atomic E-state index is 0. The molecule has 0 spiro atoms. The third-order valence-corrected chi connectivity index (χ3v) is 3.94. The van der Waals surface area contributed by atoms with Gasteiger partial charge in [-0.15, -0.1) is 12.4 Å². The fraction of sp³-hybridized carbons (Fsp3) is 0.316. The normalized spacial score (nSPS) is 10.3. The number of anilines is 1. The summed E-state index contributed by atoms with van der Waals surface area (Å²) in [6.07, 6.45) is 0. The van der Waals surface area contributed by atoms with Crippen LogP contribution in [0.1, 0.15) is 16.7 Å². The Morgan fingerprint density at radius 3 is 2.46 bits per heavy atom. The number of nitrogens with two attached hydrogens (primary N) is 1. The monoisotopic (exact) mass is 347 g/mol. The van der Waals surface area contributed by atoms with E-state index >= 15 is 0 Å². The van der Waals surface area contributed by atoms with Gasteiger partial charge in [-0.3, -0.25) is 9.69 Å². The lowest BCUT2D eigenvalue weighted by molar-refractivity contribution is -0.117. The summed E-state index contributed by atoms with van der Waals surface area (Å²) in [7, 11) is 0. The molecule has 0 saturated heterocycles. The largest absolute Gasteiger partial charge is 0.329 e. The highest BCUT2D eigenvalue weighted by Gasteiger charge is 2.12. The summed E-state index contributed by atoms with van der Waals surface area (Å²) >= 11 is 0. The van der Waals surface area contributed by atoms with Crippen LogP contribution in [0.3, 0.4) is 0 Å². The van der Waals surface area contributed by atoms with Gasteiger partial charge < -0.3 is 11.1 Å². The molecule has 0 aliphatic rings. The molecule has 0 saturated carbocycles. The van der Waals surface area contributed by atoms with Gasteiger partial charge in [0.2, 0.25) is 5.91 Å². The van der Waals surface area contributed by atoms with Crippen molar-refractivity contribution in [2.24, 2.45) is 5.73 Å². The molecule has 1 amide bonds. The van der Waals surface area contributed by atoms with Crippen molar-refractivity contribution in [1.29, 1.82) is 0 Å². The standard InChI is InChI=1S/C19H25N3O.ClH/c1-15-7-6-10-18(16(15)2)21-19(23)14-22(12-11-20)13-17-8-4-3-5-9-17;/h3-10H,11-14,20H2,1-2H3,(H,21,23);1H. The summed E-state index contributed by atoms with van der Waals surface area (Å²) in [5.74, 6) is -0.0110. The van der Waals surface area contributed by atoms with Gasteiger partial charge in [0.1, 0.15) is 0 Å². The number of nitrogens with one attached hydrogen (secondary N) is 1. The van der Waals surface area contributed by atoms with Crippen molar-refractivity contribution in [1.82, 2.24) is 4.90 Å². The van der Waals surface area contributed by atoms with E-state index in [2.05, 4.69) is 22.3 Å². The van der Waals surface area contributed by atoms with E-state index < -0.39 is 0 Å². The first-order valence-corrected chi connectivity index (χ1v) is 7.92. The molecule has 0 unspecified atom stereocenters. The van der Waals surface area contributed by atoms with Gasteiger partial charge in [0.25, 0.3) is 0 Å². The maximum Gasteiger partial charge on any atom is 0.238 e. The van der Waals surface area contributed by atoms with Crippen LogP contribution >= 0.6 is 12.4 Å². The number of halogens is 1. The van der Waals surface area contributed by atoms with E-state index in [4.69, 9.17) is 5.73 Å². The minimum Gasteiger partial charge on any atom is -0.329 e. The molecule has 0 radical (unpaired) electrons. The van der Waals surface area contributed by atoms with Crippen LogP contribution in [0, 0.1) is 13.8 Å². The number of benzene rings is 2. The first-order valence-electron chi connectivity index (χ1n) is 7.92. The Hall–Kier alpha value is -1.88. The number of amides is 1. The van der Waals surface area contributed by atoms with Crippen molar-refractivity contribution in [2.75, 3.05) is 25.0 Å². The minimum atomic E-state index is -0.0110. The number of rotatable bonds is 7. The average Bonchev–Trinajstić information content (AvgIpc) is 2.53. The zero-order chi connectivity index (χ0) is 16.7. The molecule has 24 heavy (non-hydrogen) atoms. The van der Waals surface area contributed by atoms with Gasteiger partial charge in [0.05, 0.1) is 6.54 Å². The molecule has 0 atom stereocenters. The zero-order valence-electron chi connectivity index (χ0n) is 14.3. The highest BCUT2D eigenvalue weighted by Crippen LogP contribution is 2.17. The van der Waals surface area contributed by atoms with Crippen LogP contribution in [-0.4, -0.2) is 30.4 Å². The van der Waals surface area contributed by atoms with Gasteiger partial charge in [0.15, 0.2) is 0 Å². The highest BCUT2D eigenvalue weighted by atomic mass is 35.5. The Labute approximate surface area is 150 Å². The van der Waals surface area contributed by atoms with Crippen LogP contribution in [0.25, 0.3) is 0 Å². The van der Waals surface area contributed by atoms with Crippen LogP contribution < -0.4 is 11.1 Å². The number of carbonyl (C=O) groups excluding carboxylic acids is 1. The van der Waals surface area contributed by atoms with Crippen LogP contribution in [0.5, 0.6) is 0 Å². The van der Waals surface area contributed by atoms with E-state index in [0.717, 1.165) is 17.8 Å². The van der Waals surface area contributed by atoms with Gasteiger partial charge in [-0.1, -0.05) is 42.5 Å². The van der Waals surface area contributed by atoms with Gasteiger partial charge in [-0.05, 0) is 36.6 Å². The molecule has 0 bridgehead atoms. The molecule has 4 nitrogen and oxygen atoms in total. The van der Waals surface area contributed by atoms with E-state index in [-0.39, 0.29) is 18.3 Å². The summed E-state index contributed by atoms with van der Waals surface area (Å²) in [4.78, 5) is 14.4. The third-order valence-electron chi connectivity index (χ3n) is 3.94. The van der Waals surface area contributed by atoms with E-state index in [1.807, 2.05) is 50.2 Å². The van der Waals surface area contributed by atoms with E-state index in [1.54, 1.807) is 0 Å². The molecule has 0 aromatic heterocycles. The third kappa shape index (κ3) is 5.96. The van der Waals surface area contributed by atoms with Gasteiger partial charge in [-0.25, -0.2) is 0 Å². The van der Waals surface area contributed by atoms with Crippen molar-refractivity contribution in [2.45, 2.75) is 20.4 Å². The topological polar surface area (TPSA) is 58.4 Å². The lowest BCUT2D eigenvalue weighted by Gasteiger charge is -2.21. The zero-order valence-corrected chi connectivity index (χ0v) is 15.1. The van der Waals surface area contributed by atoms with Gasteiger partial charge >= 0.3 is 0 Å². The van der Waals surface area contributed by atoms with Crippen LogP contribution in [0.2, 0.25) is 0 Å². The number of nitrogens with zero attached hydrogens (tertiary/aromatic N) is 1. The quantitative estimate of drug-likeness (QED) is 0.809. The Balaban J connectivity index is 0.00000288. The summed E-state index contributed by atoms with van der Waals surface area (Å²) in [6.45, 7) is 6.34. The Morgan fingerprint density at radius 1 is 1.08 bits per heavy atom. The molecule has 0 aliphatic carbocycles. The Morgan fingerprint density at radius 2 is 1.79 bits per heavy atom. The predicted octanol–water partition coefficient (Wildman–Crippen LogP) is 3.12. The number of aryl methyl sites for hydroxylation is 1. The molecule has 2 rings (SSSR count). The fourth-order valence-electron chi connectivity index (χ4n) is 2.52. The van der Waals surface area contributed by atoms with E-state index in [1.165, 1.54) is 11.1 Å². The SMILES string of the molecule is Cc1cccc(NC(=O)CN(CCN)Cc2ccccc2)c1C.Cl. The van der Waals surface area contributed by atoms with Crippen molar-refractivity contribution in [3.63, 3.8) is 0 Å². The summed E-state index contributed by atoms with van der Waals surface area (Å²) in [5, 5.41) is 3.00. The van der Waals surface area contributed by atoms with Crippen LogP contribution in [0.15, 0.2) is 48.5 Å². The molecule has 3 N–H and O–H groups in total. The van der Waals surface area contributed by atoms with E-state index in [9.17, 15) is 4.79 Å². The fourth-order valence-corrected chi connectivity index (χ4v) is 2.52. The smallest absolute Gasteiger partial charge is 0.238 e.